The molecular weight excluding hydrogens is 124 g/mol. The number of allylic oxidation sites excluding steroid dienone is 3. The number of rotatable bonds is 4. The van der Waals surface area contributed by atoms with Crippen LogP contribution in [-0.2, 0) is 0 Å². The zero-order chi connectivity index (χ0) is 7.82. The van der Waals surface area contributed by atoms with Gasteiger partial charge in [-0.3, -0.25) is 0 Å². The van der Waals surface area contributed by atoms with Gasteiger partial charge in [-0.25, -0.2) is 0 Å². The van der Waals surface area contributed by atoms with Gasteiger partial charge < -0.3 is 5.11 Å². The van der Waals surface area contributed by atoms with Gasteiger partial charge in [-0.15, -0.1) is 0 Å². The minimum atomic E-state index is 0.255. The van der Waals surface area contributed by atoms with Crippen LogP contribution in [0.3, 0.4) is 0 Å². The first kappa shape index (κ1) is 9.44. The summed E-state index contributed by atoms with van der Waals surface area (Å²) in [5.74, 6) is 0. The molecule has 0 amide bonds. The molecule has 0 unspecified atom stereocenters. The van der Waals surface area contributed by atoms with Gasteiger partial charge in [0.1, 0.15) is 0 Å². The molecule has 0 radical (unpaired) electrons. The van der Waals surface area contributed by atoms with Crippen molar-refractivity contribution in [1.82, 2.24) is 0 Å². The Morgan fingerprint density at radius 2 is 2.10 bits per heavy atom. The summed E-state index contributed by atoms with van der Waals surface area (Å²) in [6.07, 6.45) is 7.98. The lowest BCUT2D eigenvalue weighted by Gasteiger charge is -1.90. The number of hydrogen-bond donors (Lipinski definition) is 1. The predicted molar refractivity (Wildman–Crippen MR) is 44.9 cm³/mol. The molecular formula is C9H16O. The topological polar surface area (TPSA) is 20.2 Å². The Kier molecular flexibility index (Phi) is 6.19. The molecule has 0 aliphatic carbocycles. The Labute approximate surface area is 63.1 Å². The van der Waals surface area contributed by atoms with Gasteiger partial charge in [-0.2, -0.15) is 0 Å². The van der Waals surface area contributed by atoms with Gasteiger partial charge in [0.25, 0.3) is 0 Å². The average molecular weight is 140 g/mol. The molecule has 10 heavy (non-hydrogen) atoms. The van der Waals surface area contributed by atoms with Gasteiger partial charge in [0.2, 0.25) is 0 Å². The standard InChI is InChI=1S/C9H16O/c1-3-9(2)7-5-4-6-8-10/h3-5,10H,6-8H2,1-2H3/b5-4+,9-3-. The van der Waals surface area contributed by atoms with Crippen molar-refractivity contribution in [2.45, 2.75) is 26.7 Å². The second-order valence-corrected chi connectivity index (χ2v) is 2.32. The first-order valence-corrected chi connectivity index (χ1v) is 3.69. The second-order valence-electron chi connectivity index (χ2n) is 2.32. The third kappa shape index (κ3) is 5.57. The highest BCUT2D eigenvalue weighted by Crippen LogP contribution is 1.99. The molecule has 58 valence electrons. The summed E-state index contributed by atoms with van der Waals surface area (Å²) >= 11 is 0. The van der Waals surface area contributed by atoms with Gasteiger partial charge >= 0.3 is 0 Å². The Morgan fingerprint density at radius 3 is 2.60 bits per heavy atom. The second kappa shape index (κ2) is 6.56. The molecule has 1 nitrogen and oxygen atoms in total. The number of aliphatic hydroxyl groups excluding tert-OH is 1. The van der Waals surface area contributed by atoms with Crippen molar-refractivity contribution in [2.24, 2.45) is 0 Å². The van der Waals surface area contributed by atoms with Gasteiger partial charge in [0.15, 0.2) is 0 Å². The fourth-order valence-electron chi connectivity index (χ4n) is 0.579. The maximum absolute atomic E-state index is 8.42. The third-order valence-electron chi connectivity index (χ3n) is 1.40. The zero-order valence-electron chi connectivity index (χ0n) is 6.80. The van der Waals surface area contributed by atoms with Crippen LogP contribution in [0.2, 0.25) is 0 Å². The summed E-state index contributed by atoms with van der Waals surface area (Å²) < 4.78 is 0. The lowest BCUT2D eigenvalue weighted by Crippen LogP contribution is -1.76. The van der Waals surface area contributed by atoms with Crippen LogP contribution in [-0.4, -0.2) is 11.7 Å². The van der Waals surface area contributed by atoms with E-state index < -0.39 is 0 Å². The fraction of sp³-hybridized carbons (Fsp3) is 0.556. The molecule has 1 N–H and O–H groups in total. The molecule has 0 spiro atoms. The van der Waals surface area contributed by atoms with E-state index in [1.807, 2.05) is 13.0 Å². The molecule has 0 fully saturated rings. The van der Waals surface area contributed by atoms with E-state index in [1.54, 1.807) is 0 Å². The summed E-state index contributed by atoms with van der Waals surface area (Å²) in [7, 11) is 0. The van der Waals surface area contributed by atoms with Crippen LogP contribution >= 0.6 is 0 Å². The highest BCUT2D eigenvalue weighted by atomic mass is 16.2. The van der Waals surface area contributed by atoms with E-state index in [1.165, 1.54) is 5.57 Å². The van der Waals surface area contributed by atoms with Crippen molar-refractivity contribution in [1.29, 1.82) is 0 Å². The van der Waals surface area contributed by atoms with E-state index in [2.05, 4.69) is 19.1 Å². The van der Waals surface area contributed by atoms with Crippen LogP contribution in [0.1, 0.15) is 26.7 Å². The summed E-state index contributed by atoms with van der Waals surface area (Å²) in [6, 6.07) is 0. The predicted octanol–water partition coefficient (Wildman–Crippen LogP) is 2.28. The SMILES string of the molecule is C/C=C(/C)C/C=C/CCO. The molecule has 0 aliphatic heterocycles. The first-order chi connectivity index (χ1) is 4.81. The summed E-state index contributed by atoms with van der Waals surface area (Å²) in [5, 5.41) is 8.42. The molecule has 0 aromatic heterocycles. The van der Waals surface area contributed by atoms with Crippen LogP contribution in [0.25, 0.3) is 0 Å². The van der Waals surface area contributed by atoms with Crippen LogP contribution < -0.4 is 0 Å². The van der Waals surface area contributed by atoms with E-state index in [0.717, 1.165) is 12.8 Å². The van der Waals surface area contributed by atoms with E-state index in [0.29, 0.717) is 0 Å². The smallest absolute Gasteiger partial charge is 0.0465 e. The lowest BCUT2D eigenvalue weighted by molar-refractivity contribution is 0.302. The summed E-state index contributed by atoms with van der Waals surface area (Å²) in [5.41, 5.74) is 1.37. The largest absolute Gasteiger partial charge is 0.396 e. The zero-order valence-corrected chi connectivity index (χ0v) is 6.80. The van der Waals surface area contributed by atoms with Crippen molar-refractivity contribution >= 4 is 0 Å². The van der Waals surface area contributed by atoms with Crippen LogP contribution in [0, 0.1) is 0 Å². The van der Waals surface area contributed by atoms with E-state index in [4.69, 9.17) is 5.11 Å². The molecule has 0 bridgehead atoms. The quantitative estimate of drug-likeness (QED) is 0.594. The van der Waals surface area contributed by atoms with Gasteiger partial charge in [0.05, 0.1) is 0 Å². The van der Waals surface area contributed by atoms with Crippen molar-refractivity contribution < 1.29 is 5.11 Å². The number of aliphatic hydroxyl groups is 1. The summed E-state index contributed by atoms with van der Waals surface area (Å²) in [4.78, 5) is 0. The Balaban J connectivity index is 3.34. The molecule has 1 heteroatoms. The van der Waals surface area contributed by atoms with E-state index in [9.17, 15) is 0 Å². The third-order valence-corrected chi connectivity index (χ3v) is 1.40. The highest BCUT2D eigenvalue weighted by Gasteiger charge is 1.80. The van der Waals surface area contributed by atoms with Crippen LogP contribution in [0.15, 0.2) is 23.8 Å². The van der Waals surface area contributed by atoms with Crippen molar-refractivity contribution in [3.8, 4) is 0 Å². The minimum absolute atomic E-state index is 0.255. The fourth-order valence-corrected chi connectivity index (χ4v) is 0.579. The molecule has 0 aliphatic rings. The molecule has 0 aromatic rings. The van der Waals surface area contributed by atoms with Crippen LogP contribution in [0.4, 0.5) is 0 Å². The Bertz CT molecular complexity index is 123. The average Bonchev–Trinajstić information content (AvgIpc) is 1.98. The molecule has 0 saturated heterocycles. The molecule has 0 rings (SSSR count). The van der Waals surface area contributed by atoms with Gasteiger partial charge in [-0.05, 0) is 26.7 Å². The monoisotopic (exact) mass is 140 g/mol. The van der Waals surface area contributed by atoms with Crippen molar-refractivity contribution in [3.05, 3.63) is 23.8 Å². The van der Waals surface area contributed by atoms with Crippen molar-refractivity contribution in [2.75, 3.05) is 6.61 Å². The van der Waals surface area contributed by atoms with Crippen LogP contribution in [0.5, 0.6) is 0 Å². The lowest BCUT2D eigenvalue weighted by atomic mass is 10.2. The Morgan fingerprint density at radius 1 is 1.40 bits per heavy atom. The highest BCUT2D eigenvalue weighted by molar-refractivity contribution is 5.02. The maximum Gasteiger partial charge on any atom is 0.0465 e. The minimum Gasteiger partial charge on any atom is -0.396 e. The molecule has 0 aromatic carbocycles. The van der Waals surface area contributed by atoms with E-state index >= 15 is 0 Å². The normalized spacial score (nSPS) is 12.9. The molecule has 0 saturated carbocycles. The van der Waals surface area contributed by atoms with Crippen molar-refractivity contribution in [3.63, 3.8) is 0 Å². The molecule has 0 heterocycles. The molecule has 0 atom stereocenters. The summed E-state index contributed by atoms with van der Waals surface area (Å²) in [6.45, 7) is 4.39. The number of hydrogen-bond acceptors (Lipinski definition) is 1. The maximum atomic E-state index is 8.42. The van der Waals surface area contributed by atoms with Gasteiger partial charge in [0, 0.05) is 6.61 Å². The first-order valence-electron chi connectivity index (χ1n) is 3.69. The van der Waals surface area contributed by atoms with Gasteiger partial charge in [-0.1, -0.05) is 23.8 Å². The Hall–Kier alpha value is -0.560. The van der Waals surface area contributed by atoms with E-state index in [-0.39, 0.29) is 6.61 Å².